The lowest BCUT2D eigenvalue weighted by Gasteiger charge is -2.12. The normalized spacial score (nSPS) is 10.3. The fourth-order valence-corrected chi connectivity index (χ4v) is 2.11. The number of nitrogens with one attached hydrogen (secondary N) is 1. The summed E-state index contributed by atoms with van der Waals surface area (Å²) in [6.07, 6.45) is 0. The van der Waals surface area contributed by atoms with Crippen molar-refractivity contribution < 1.29 is 0 Å². The highest BCUT2D eigenvalue weighted by Crippen LogP contribution is 2.20. The van der Waals surface area contributed by atoms with Crippen LogP contribution in [0.25, 0.3) is 0 Å². The van der Waals surface area contributed by atoms with Gasteiger partial charge >= 0.3 is 0 Å². The van der Waals surface area contributed by atoms with Crippen molar-refractivity contribution in [1.82, 2.24) is 0 Å². The molecule has 0 amide bonds. The minimum atomic E-state index is 0.882. The van der Waals surface area contributed by atoms with Crippen molar-refractivity contribution >= 4 is 5.69 Å². The Morgan fingerprint density at radius 1 is 0.882 bits per heavy atom. The molecule has 2 aromatic rings. The molecule has 17 heavy (non-hydrogen) atoms. The van der Waals surface area contributed by atoms with Crippen LogP contribution in [-0.2, 0) is 6.54 Å². The molecule has 2 rings (SSSR count). The van der Waals surface area contributed by atoms with Gasteiger partial charge in [-0.25, -0.2) is 0 Å². The van der Waals surface area contributed by atoms with Gasteiger partial charge in [0.2, 0.25) is 0 Å². The van der Waals surface area contributed by atoms with E-state index in [9.17, 15) is 0 Å². The van der Waals surface area contributed by atoms with E-state index in [0.29, 0.717) is 0 Å². The highest BCUT2D eigenvalue weighted by atomic mass is 14.9. The van der Waals surface area contributed by atoms with Gasteiger partial charge in [-0.1, -0.05) is 48.0 Å². The molecule has 0 spiro atoms. The Balaban J connectivity index is 2.13. The van der Waals surface area contributed by atoms with Crippen LogP contribution in [0.2, 0.25) is 0 Å². The van der Waals surface area contributed by atoms with Crippen LogP contribution in [0, 0.1) is 20.8 Å². The van der Waals surface area contributed by atoms with Crippen LogP contribution in [0.5, 0.6) is 0 Å². The summed E-state index contributed by atoms with van der Waals surface area (Å²) in [5.41, 5.74) is 6.50. The summed E-state index contributed by atoms with van der Waals surface area (Å²) in [5, 5.41) is 3.52. The molecule has 0 aliphatic carbocycles. The summed E-state index contributed by atoms with van der Waals surface area (Å²) in [6, 6.07) is 15.0. The minimum absolute atomic E-state index is 0.882. The van der Waals surface area contributed by atoms with E-state index < -0.39 is 0 Å². The van der Waals surface area contributed by atoms with Crippen molar-refractivity contribution in [3.63, 3.8) is 0 Å². The summed E-state index contributed by atoms with van der Waals surface area (Å²) < 4.78 is 0. The first kappa shape index (κ1) is 11.7. The van der Waals surface area contributed by atoms with Crippen molar-refractivity contribution in [2.75, 3.05) is 5.32 Å². The van der Waals surface area contributed by atoms with Crippen LogP contribution in [0.4, 0.5) is 5.69 Å². The summed E-state index contributed by atoms with van der Waals surface area (Å²) in [7, 11) is 0. The van der Waals surface area contributed by atoms with Gasteiger partial charge in [0.15, 0.2) is 0 Å². The van der Waals surface area contributed by atoms with Gasteiger partial charge in [0, 0.05) is 12.2 Å². The largest absolute Gasteiger partial charge is 0.381 e. The van der Waals surface area contributed by atoms with Crippen molar-refractivity contribution in [3.05, 3.63) is 64.7 Å². The third-order valence-corrected chi connectivity index (χ3v) is 3.03. The molecule has 0 radical (unpaired) electrons. The molecule has 0 aromatic heterocycles. The van der Waals surface area contributed by atoms with Gasteiger partial charge in [-0.05, 0) is 37.5 Å². The van der Waals surface area contributed by atoms with Crippen LogP contribution in [0.1, 0.15) is 22.3 Å². The Bertz CT molecular complexity index is 494. The maximum Gasteiger partial charge on any atom is 0.0402 e. The Morgan fingerprint density at radius 3 is 2.18 bits per heavy atom. The second kappa shape index (κ2) is 5.05. The third-order valence-electron chi connectivity index (χ3n) is 3.03. The second-order valence-corrected chi connectivity index (χ2v) is 4.61. The zero-order chi connectivity index (χ0) is 12.3. The van der Waals surface area contributed by atoms with Gasteiger partial charge in [-0.2, -0.15) is 0 Å². The molecule has 0 unspecified atom stereocenters. The van der Waals surface area contributed by atoms with Gasteiger partial charge < -0.3 is 5.32 Å². The summed E-state index contributed by atoms with van der Waals surface area (Å²) in [5.74, 6) is 0. The molecule has 2 aromatic carbocycles. The molecule has 0 atom stereocenters. The lowest BCUT2D eigenvalue weighted by molar-refractivity contribution is 1.12. The van der Waals surface area contributed by atoms with Gasteiger partial charge in [0.1, 0.15) is 0 Å². The number of para-hydroxylation sites is 1. The number of aryl methyl sites for hydroxylation is 3. The molecule has 0 fully saturated rings. The standard InChI is InChI=1S/C16H19N/c1-12-6-4-9-15(10-12)11-17-16-13(2)7-5-8-14(16)3/h4-10,17H,11H2,1-3H3. The van der Waals surface area contributed by atoms with E-state index in [4.69, 9.17) is 0 Å². The Hall–Kier alpha value is -1.76. The molecular formula is C16H19N. The summed E-state index contributed by atoms with van der Waals surface area (Å²) in [6.45, 7) is 7.30. The van der Waals surface area contributed by atoms with Crippen LogP contribution in [0.3, 0.4) is 0 Å². The van der Waals surface area contributed by atoms with E-state index in [-0.39, 0.29) is 0 Å². The molecular weight excluding hydrogens is 206 g/mol. The van der Waals surface area contributed by atoms with Crippen LogP contribution in [-0.4, -0.2) is 0 Å². The maximum absolute atomic E-state index is 3.52. The Kier molecular flexibility index (Phi) is 3.48. The Labute approximate surface area is 103 Å². The average Bonchev–Trinajstić information content (AvgIpc) is 2.28. The lowest BCUT2D eigenvalue weighted by Crippen LogP contribution is -2.02. The van der Waals surface area contributed by atoms with Crippen LogP contribution in [0.15, 0.2) is 42.5 Å². The van der Waals surface area contributed by atoms with E-state index in [2.05, 4.69) is 68.6 Å². The molecule has 88 valence electrons. The first-order chi connectivity index (χ1) is 8.16. The zero-order valence-electron chi connectivity index (χ0n) is 10.7. The molecule has 0 saturated heterocycles. The summed E-state index contributed by atoms with van der Waals surface area (Å²) >= 11 is 0. The predicted octanol–water partition coefficient (Wildman–Crippen LogP) is 4.22. The van der Waals surface area contributed by atoms with Crippen molar-refractivity contribution in [2.24, 2.45) is 0 Å². The fourth-order valence-electron chi connectivity index (χ4n) is 2.11. The number of hydrogen-bond donors (Lipinski definition) is 1. The van der Waals surface area contributed by atoms with Crippen LogP contribution >= 0.6 is 0 Å². The van der Waals surface area contributed by atoms with Crippen molar-refractivity contribution in [3.8, 4) is 0 Å². The third kappa shape index (κ3) is 2.88. The van der Waals surface area contributed by atoms with E-state index in [0.717, 1.165) is 6.54 Å². The van der Waals surface area contributed by atoms with Gasteiger partial charge in [0.25, 0.3) is 0 Å². The molecule has 1 N–H and O–H groups in total. The number of benzene rings is 2. The molecule has 0 aliphatic rings. The lowest BCUT2D eigenvalue weighted by atomic mass is 10.1. The van der Waals surface area contributed by atoms with E-state index >= 15 is 0 Å². The highest BCUT2D eigenvalue weighted by Gasteiger charge is 2.01. The molecule has 1 nitrogen and oxygen atoms in total. The average molecular weight is 225 g/mol. The number of rotatable bonds is 3. The van der Waals surface area contributed by atoms with E-state index in [1.165, 1.54) is 27.9 Å². The molecule has 0 aliphatic heterocycles. The Morgan fingerprint density at radius 2 is 1.53 bits per heavy atom. The maximum atomic E-state index is 3.52. The van der Waals surface area contributed by atoms with Gasteiger partial charge in [-0.3, -0.25) is 0 Å². The fraction of sp³-hybridized carbons (Fsp3) is 0.250. The first-order valence-corrected chi connectivity index (χ1v) is 6.02. The predicted molar refractivity (Wildman–Crippen MR) is 74.4 cm³/mol. The zero-order valence-corrected chi connectivity index (χ0v) is 10.7. The quantitative estimate of drug-likeness (QED) is 0.824. The smallest absolute Gasteiger partial charge is 0.0402 e. The summed E-state index contributed by atoms with van der Waals surface area (Å²) in [4.78, 5) is 0. The number of anilines is 1. The van der Waals surface area contributed by atoms with Gasteiger partial charge in [0.05, 0.1) is 0 Å². The van der Waals surface area contributed by atoms with Crippen molar-refractivity contribution in [1.29, 1.82) is 0 Å². The molecule has 0 saturated carbocycles. The van der Waals surface area contributed by atoms with E-state index in [1.807, 2.05) is 0 Å². The second-order valence-electron chi connectivity index (χ2n) is 4.61. The van der Waals surface area contributed by atoms with E-state index in [1.54, 1.807) is 0 Å². The van der Waals surface area contributed by atoms with Gasteiger partial charge in [-0.15, -0.1) is 0 Å². The molecule has 0 bridgehead atoms. The SMILES string of the molecule is Cc1cccc(CNc2c(C)cccc2C)c1. The number of hydrogen-bond acceptors (Lipinski definition) is 1. The monoisotopic (exact) mass is 225 g/mol. The van der Waals surface area contributed by atoms with Crippen LogP contribution < -0.4 is 5.32 Å². The highest BCUT2D eigenvalue weighted by molar-refractivity contribution is 5.56. The van der Waals surface area contributed by atoms with Crippen molar-refractivity contribution in [2.45, 2.75) is 27.3 Å². The molecule has 0 heterocycles. The first-order valence-electron chi connectivity index (χ1n) is 6.02. The minimum Gasteiger partial charge on any atom is -0.381 e. The topological polar surface area (TPSA) is 12.0 Å². The molecule has 1 heteroatoms.